The van der Waals surface area contributed by atoms with E-state index >= 15 is 0 Å². The summed E-state index contributed by atoms with van der Waals surface area (Å²) in [4.78, 5) is 10.7. The average Bonchev–Trinajstić information content (AvgIpc) is 2.71. The highest BCUT2D eigenvalue weighted by Gasteiger charge is 1.97. The first-order valence-corrected chi connectivity index (χ1v) is 3.96. The molecule has 0 saturated heterocycles. The van der Waals surface area contributed by atoms with E-state index < -0.39 is 0 Å². The number of nitrogens with zero attached hydrogens (tertiary/aromatic N) is 4. The van der Waals surface area contributed by atoms with Gasteiger partial charge in [-0.15, -0.1) is 0 Å². The number of imidazole rings is 1. The Kier molecular flexibility index (Phi) is 1.95. The molecule has 0 fully saturated rings. The standard InChI is InChI=1S/C7H10N6/c8-7-10-3-6(12-7)1-2-13-5-9-4-11-13/h3-5H,1-2H2,(H3,8,10,12). The van der Waals surface area contributed by atoms with Crippen LogP contribution in [0.2, 0.25) is 0 Å². The van der Waals surface area contributed by atoms with Gasteiger partial charge in [-0.1, -0.05) is 0 Å². The summed E-state index contributed by atoms with van der Waals surface area (Å²) in [5.41, 5.74) is 6.43. The Balaban J connectivity index is 1.93. The van der Waals surface area contributed by atoms with Crippen molar-refractivity contribution in [3.63, 3.8) is 0 Å². The SMILES string of the molecule is Nc1ncc(CCn2cncn2)[nH]1. The fourth-order valence-electron chi connectivity index (χ4n) is 1.09. The first-order chi connectivity index (χ1) is 6.34. The van der Waals surface area contributed by atoms with Gasteiger partial charge in [0, 0.05) is 18.7 Å². The molecule has 0 aliphatic rings. The number of anilines is 1. The van der Waals surface area contributed by atoms with Crippen molar-refractivity contribution >= 4 is 5.95 Å². The number of rotatable bonds is 3. The van der Waals surface area contributed by atoms with Crippen molar-refractivity contribution in [2.24, 2.45) is 0 Å². The van der Waals surface area contributed by atoms with E-state index in [4.69, 9.17) is 5.73 Å². The largest absolute Gasteiger partial charge is 0.369 e. The van der Waals surface area contributed by atoms with Crippen LogP contribution in [0.5, 0.6) is 0 Å². The number of hydrogen-bond acceptors (Lipinski definition) is 4. The highest BCUT2D eigenvalue weighted by molar-refractivity contribution is 5.18. The summed E-state index contributed by atoms with van der Waals surface area (Å²) < 4.78 is 1.76. The number of aromatic nitrogens is 5. The molecule has 0 spiro atoms. The Morgan fingerprint density at radius 3 is 3.08 bits per heavy atom. The lowest BCUT2D eigenvalue weighted by Crippen LogP contribution is -2.01. The zero-order chi connectivity index (χ0) is 9.10. The average molecular weight is 178 g/mol. The van der Waals surface area contributed by atoms with Crippen LogP contribution in [0.25, 0.3) is 0 Å². The van der Waals surface area contributed by atoms with Gasteiger partial charge in [-0.2, -0.15) is 5.10 Å². The second-order valence-corrected chi connectivity index (χ2v) is 2.70. The van der Waals surface area contributed by atoms with Crippen molar-refractivity contribution in [2.75, 3.05) is 5.73 Å². The van der Waals surface area contributed by atoms with E-state index in [0.717, 1.165) is 18.7 Å². The first kappa shape index (κ1) is 7.78. The Hall–Kier alpha value is -1.85. The molecule has 3 N–H and O–H groups in total. The summed E-state index contributed by atoms with van der Waals surface area (Å²) in [5.74, 6) is 0.452. The Labute approximate surface area is 74.8 Å². The van der Waals surface area contributed by atoms with Crippen molar-refractivity contribution in [1.82, 2.24) is 24.7 Å². The number of aryl methyl sites for hydroxylation is 2. The fourth-order valence-corrected chi connectivity index (χ4v) is 1.09. The molecule has 6 heteroatoms. The maximum atomic E-state index is 5.43. The Bertz CT molecular complexity index is 362. The smallest absolute Gasteiger partial charge is 0.197 e. The van der Waals surface area contributed by atoms with Gasteiger partial charge in [0.05, 0.1) is 6.20 Å². The molecule has 0 amide bonds. The highest BCUT2D eigenvalue weighted by Crippen LogP contribution is 1.99. The van der Waals surface area contributed by atoms with Crippen LogP contribution in [0, 0.1) is 0 Å². The minimum Gasteiger partial charge on any atom is -0.369 e. The molecule has 6 nitrogen and oxygen atoms in total. The lowest BCUT2D eigenvalue weighted by Gasteiger charge is -1.96. The lowest BCUT2D eigenvalue weighted by atomic mass is 10.3. The van der Waals surface area contributed by atoms with E-state index in [1.165, 1.54) is 6.33 Å². The Morgan fingerprint density at radius 2 is 2.46 bits per heavy atom. The maximum absolute atomic E-state index is 5.43. The lowest BCUT2D eigenvalue weighted by molar-refractivity contribution is 0.608. The molecule has 0 radical (unpaired) electrons. The molecule has 0 aliphatic carbocycles. The summed E-state index contributed by atoms with van der Waals surface area (Å²) in [6.07, 6.45) is 5.75. The number of nitrogens with one attached hydrogen (secondary N) is 1. The summed E-state index contributed by atoms with van der Waals surface area (Å²) in [7, 11) is 0. The number of aromatic amines is 1. The van der Waals surface area contributed by atoms with E-state index in [-0.39, 0.29) is 0 Å². The molecule has 2 rings (SSSR count). The van der Waals surface area contributed by atoms with E-state index in [2.05, 4.69) is 20.1 Å². The second-order valence-electron chi connectivity index (χ2n) is 2.70. The van der Waals surface area contributed by atoms with Crippen LogP contribution < -0.4 is 5.73 Å². The van der Waals surface area contributed by atoms with E-state index in [9.17, 15) is 0 Å². The fraction of sp³-hybridized carbons (Fsp3) is 0.286. The number of nitrogens with two attached hydrogens (primary N) is 1. The van der Waals surface area contributed by atoms with Crippen molar-refractivity contribution < 1.29 is 0 Å². The molecule has 0 saturated carbocycles. The number of H-pyrrole nitrogens is 1. The van der Waals surface area contributed by atoms with Crippen molar-refractivity contribution in [3.8, 4) is 0 Å². The minimum atomic E-state index is 0.452. The maximum Gasteiger partial charge on any atom is 0.197 e. The first-order valence-electron chi connectivity index (χ1n) is 3.96. The van der Waals surface area contributed by atoms with Crippen LogP contribution in [0.15, 0.2) is 18.9 Å². The van der Waals surface area contributed by atoms with Gasteiger partial charge in [-0.05, 0) is 0 Å². The van der Waals surface area contributed by atoms with Gasteiger partial charge in [0.15, 0.2) is 5.95 Å². The predicted molar refractivity (Wildman–Crippen MR) is 46.7 cm³/mol. The van der Waals surface area contributed by atoms with Crippen LogP contribution in [0.3, 0.4) is 0 Å². The van der Waals surface area contributed by atoms with Gasteiger partial charge >= 0.3 is 0 Å². The number of hydrogen-bond donors (Lipinski definition) is 2. The quantitative estimate of drug-likeness (QED) is 0.683. The normalized spacial score (nSPS) is 10.5. The predicted octanol–water partition coefficient (Wildman–Crippen LogP) is -0.174. The molecule has 13 heavy (non-hydrogen) atoms. The van der Waals surface area contributed by atoms with Gasteiger partial charge in [-0.25, -0.2) is 9.97 Å². The van der Waals surface area contributed by atoms with Gasteiger partial charge in [0.25, 0.3) is 0 Å². The third kappa shape index (κ3) is 1.84. The van der Waals surface area contributed by atoms with Crippen LogP contribution >= 0.6 is 0 Å². The summed E-state index contributed by atoms with van der Waals surface area (Å²) in [6, 6.07) is 0. The second kappa shape index (κ2) is 3.26. The zero-order valence-electron chi connectivity index (χ0n) is 7.01. The molecule has 68 valence electrons. The van der Waals surface area contributed by atoms with Crippen LogP contribution in [0.4, 0.5) is 5.95 Å². The third-order valence-electron chi connectivity index (χ3n) is 1.72. The van der Waals surface area contributed by atoms with Crippen molar-refractivity contribution in [3.05, 3.63) is 24.5 Å². The molecule has 0 unspecified atom stereocenters. The summed E-state index contributed by atoms with van der Waals surface area (Å²) >= 11 is 0. The highest BCUT2D eigenvalue weighted by atomic mass is 15.3. The molecule has 2 aromatic heterocycles. The molecule has 0 atom stereocenters. The summed E-state index contributed by atoms with van der Waals surface area (Å²) in [6.45, 7) is 0.779. The molecule has 2 heterocycles. The van der Waals surface area contributed by atoms with Gasteiger partial charge in [0.1, 0.15) is 12.7 Å². The Morgan fingerprint density at radius 1 is 1.54 bits per heavy atom. The molecular formula is C7H10N6. The van der Waals surface area contributed by atoms with Crippen molar-refractivity contribution in [1.29, 1.82) is 0 Å². The van der Waals surface area contributed by atoms with Crippen LogP contribution in [-0.4, -0.2) is 24.7 Å². The van der Waals surface area contributed by atoms with Gasteiger partial charge in [0.2, 0.25) is 0 Å². The van der Waals surface area contributed by atoms with E-state index in [1.807, 2.05) is 0 Å². The third-order valence-corrected chi connectivity index (χ3v) is 1.72. The van der Waals surface area contributed by atoms with Crippen molar-refractivity contribution in [2.45, 2.75) is 13.0 Å². The monoisotopic (exact) mass is 178 g/mol. The van der Waals surface area contributed by atoms with Crippen LogP contribution in [-0.2, 0) is 13.0 Å². The number of nitrogen functional groups attached to an aromatic ring is 1. The zero-order valence-corrected chi connectivity index (χ0v) is 7.01. The molecular weight excluding hydrogens is 168 g/mol. The summed E-state index contributed by atoms with van der Waals surface area (Å²) in [5, 5.41) is 3.98. The molecule has 2 aromatic rings. The van der Waals surface area contributed by atoms with Gasteiger partial charge < -0.3 is 10.7 Å². The van der Waals surface area contributed by atoms with E-state index in [1.54, 1.807) is 17.2 Å². The molecule has 0 aromatic carbocycles. The minimum absolute atomic E-state index is 0.452. The van der Waals surface area contributed by atoms with E-state index in [0.29, 0.717) is 5.95 Å². The van der Waals surface area contributed by atoms with Crippen LogP contribution in [0.1, 0.15) is 5.69 Å². The molecule has 0 aliphatic heterocycles. The van der Waals surface area contributed by atoms with Gasteiger partial charge in [-0.3, -0.25) is 4.68 Å². The topological polar surface area (TPSA) is 85.4 Å². The molecule has 0 bridgehead atoms.